The molecule has 0 bridgehead atoms. The topological polar surface area (TPSA) is 40.6 Å². The van der Waals surface area contributed by atoms with Crippen molar-refractivity contribution in [2.45, 2.75) is 52.6 Å². The molecule has 4 heteroatoms. The molecule has 0 fully saturated rings. The Labute approximate surface area is 109 Å². The molecule has 18 heavy (non-hydrogen) atoms. The average molecular weight is 252 g/mol. The molecule has 0 aliphatic heterocycles. The normalized spacial score (nSPS) is 12.9. The lowest BCUT2D eigenvalue weighted by molar-refractivity contribution is 0.519. The van der Waals surface area contributed by atoms with Crippen molar-refractivity contribution >= 4 is 11.4 Å². The number of hydrogen-bond acceptors (Lipinski definition) is 4. The molecule has 0 N–H and O–H groups in total. The van der Waals surface area contributed by atoms with Gasteiger partial charge in [-0.25, -0.2) is 0 Å². The Bertz CT molecular complexity index is 463. The van der Waals surface area contributed by atoms with Crippen LogP contribution in [0.3, 0.4) is 0 Å². The third-order valence-corrected chi connectivity index (χ3v) is 3.54. The Kier molecular flexibility index (Phi) is 3.36. The van der Waals surface area contributed by atoms with Crippen LogP contribution in [0.1, 0.15) is 41.5 Å². The molecule has 1 rings (SSSR count). The van der Waals surface area contributed by atoms with Crippen LogP contribution in [0, 0.1) is 0 Å². The van der Waals surface area contributed by atoms with Crippen LogP contribution in [0.2, 0.25) is 0 Å². The fraction of sp³-hybridized carbons (Fsp3) is 0.714. The van der Waals surface area contributed by atoms with E-state index in [4.69, 9.17) is 0 Å². The zero-order valence-electron chi connectivity index (χ0n) is 12.7. The fourth-order valence-corrected chi connectivity index (χ4v) is 1.66. The SMILES string of the molecule is CN(c1c(N(C)C(C)(C)C)c(=O)c1=O)C(C)(C)C. The first-order chi connectivity index (χ1) is 7.89. The van der Waals surface area contributed by atoms with Crippen LogP contribution < -0.4 is 20.7 Å². The molecule has 1 aromatic carbocycles. The minimum atomic E-state index is -0.376. The van der Waals surface area contributed by atoms with Crippen LogP contribution in [0.5, 0.6) is 0 Å². The van der Waals surface area contributed by atoms with Gasteiger partial charge in [0.1, 0.15) is 11.4 Å². The molecular weight excluding hydrogens is 228 g/mol. The lowest BCUT2D eigenvalue weighted by Gasteiger charge is -2.41. The van der Waals surface area contributed by atoms with E-state index >= 15 is 0 Å². The summed E-state index contributed by atoms with van der Waals surface area (Å²) >= 11 is 0. The highest BCUT2D eigenvalue weighted by atomic mass is 16.2. The Morgan fingerprint density at radius 1 is 0.667 bits per heavy atom. The van der Waals surface area contributed by atoms with E-state index < -0.39 is 0 Å². The Morgan fingerprint density at radius 3 is 1.06 bits per heavy atom. The highest BCUT2D eigenvalue weighted by Crippen LogP contribution is 2.31. The van der Waals surface area contributed by atoms with Crippen molar-refractivity contribution in [3.8, 4) is 0 Å². The van der Waals surface area contributed by atoms with Crippen LogP contribution >= 0.6 is 0 Å². The summed E-state index contributed by atoms with van der Waals surface area (Å²) in [6.45, 7) is 12.1. The fourth-order valence-electron chi connectivity index (χ4n) is 1.66. The summed E-state index contributed by atoms with van der Waals surface area (Å²) in [7, 11) is 3.71. The van der Waals surface area contributed by atoms with Gasteiger partial charge in [-0.1, -0.05) is 0 Å². The van der Waals surface area contributed by atoms with Gasteiger partial charge in [0.05, 0.1) is 0 Å². The zero-order valence-corrected chi connectivity index (χ0v) is 12.7. The molecule has 0 saturated heterocycles. The third kappa shape index (κ3) is 2.28. The van der Waals surface area contributed by atoms with Gasteiger partial charge in [0, 0.05) is 25.2 Å². The van der Waals surface area contributed by atoms with Crippen molar-refractivity contribution in [1.82, 2.24) is 0 Å². The first kappa shape index (κ1) is 14.7. The largest absolute Gasteiger partial charge is 0.365 e. The molecule has 0 radical (unpaired) electrons. The Balaban J connectivity index is 3.31. The second-order valence-electron chi connectivity index (χ2n) is 6.82. The molecular formula is C14H24N2O2. The lowest BCUT2D eigenvalue weighted by Crippen LogP contribution is -2.52. The Morgan fingerprint density at radius 2 is 0.889 bits per heavy atom. The van der Waals surface area contributed by atoms with Gasteiger partial charge < -0.3 is 9.80 Å². The number of rotatable bonds is 2. The average Bonchev–Trinajstić information content (AvgIpc) is 2.19. The molecule has 0 aliphatic carbocycles. The summed E-state index contributed by atoms with van der Waals surface area (Å²) in [6, 6.07) is 0. The number of nitrogens with zero attached hydrogens (tertiary/aromatic N) is 2. The van der Waals surface area contributed by atoms with E-state index in [0.717, 1.165) is 0 Å². The molecule has 102 valence electrons. The summed E-state index contributed by atoms with van der Waals surface area (Å²) in [5.74, 6) is 0. The van der Waals surface area contributed by atoms with E-state index in [9.17, 15) is 9.59 Å². The molecule has 0 aromatic heterocycles. The molecule has 0 atom stereocenters. The number of hydrogen-bond donors (Lipinski definition) is 0. The highest BCUT2D eigenvalue weighted by Gasteiger charge is 2.34. The van der Waals surface area contributed by atoms with Crippen molar-refractivity contribution < 1.29 is 0 Å². The Hall–Kier alpha value is -1.32. The van der Waals surface area contributed by atoms with Crippen molar-refractivity contribution in [1.29, 1.82) is 0 Å². The van der Waals surface area contributed by atoms with Crippen molar-refractivity contribution in [3.63, 3.8) is 0 Å². The standard InChI is InChI=1S/C14H24N2O2/c1-13(2,3)15(7)9-10(12(18)11(9)17)16(8)14(4,5)6/h1-8H3. The quantitative estimate of drug-likeness (QED) is 0.752. The van der Waals surface area contributed by atoms with Crippen LogP contribution in [0.25, 0.3) is 0 Å². The van der Waals surface area contributed by atoms with Gasteiger partial charge in [0.15, 0.2) is 0 Å². The van der Waals surface area contributed by atoms with Crippen LogP contribution in [0.15, 0.2) is 9.59 Å². The lowest BCUT2D eigenvalue weighted by atomic mass is 9.99. The van der Waals surface area contributed by atoms with E-state index in [-0.39, 0.29) is 21.9 Å². The molecule has 0 spiro atoms. The van der Waals surface area contributed by atoms with Crippen molar-refractivity contribution in [3.05, 3.63) is 20.4 Å². The zero-order chi connectivity index (χ0) is 14.5. The molecule has 0 heterocycles. The predicted octanol–water partition coefficient (Wildman–Crippen LogP) is 1.75. The van der Waals surface area contributed by atoms with Crippen LogP contribution in [0.4, 0.5) is 11.4 Å². The molecule has 0 saturated carbocycles. The van der Waals surface area contributed by atoms with Gasteiger partial charge in [-0.05, 0) is 41.5 Å². The van der Waals surface area contributed by atoms with Crippen LogP contribution in [-0.4, -0.2) is 25.2 Å². The van der Waals surface area contributed by atoms with E-state index in [0.29, 0.717) is 11.4 Å². The predicted molar refractivity (Wildman–Crippen MR) is 77.7 cm³/mol. The second-order valence-corrected chi connectivity index (χ2v) is 6.82. The van der Waals surface area contributed by atoms with E-state index in [1.165, 1.54) is 0 Å². The van der Waals surface area contributed by atoms with Gasteiger partial charge in [-0.2, -0.15) is 0 Å². The molecule has 0 aliphatic rings. The summed E-state index contributed by atoms with van der Waals surface area (Å²) in [6.07, 6.45) is 0. The van der Waals surface area contributed by atoms with Gasteiger partial charge in [0.25, 0.3) is 10.9 Å². The molecule has 1 aromatic rings. The van der Waals surface area contributed by atoms with Gasteiger partial charge in [0.2, 0.25) is 0 Å². The van der Waals surface area contributed by atoms with Crippen LogP contribution in [-0.2, 0) is 0 Å². The summed E-state index contributed by atoms with van der Waals surface area (Å²) in [4.78, 5) is 27.4. The summed E-state index contributed by atoms with van der Waals surface area (Å²) < 4.78 is 0. The van der Waals surface area contributed by atoms with E-state index in [1.807, 2.05) is 65.4 Å². The molecule has 0 unspecified atom stereocenters. The van der Waals surface area contributed by atoms with Gasteiger partial charge in [-0.15, -0.1) is 0 Å². The molecule has 4 nitrogen and oxygen atoms in total. The van der Waals surface area contributed by atoms with Gasteiger partial charge >= 0.3 is 0 Å². The van der Waals surface area contributed by atoms with E-state index in [2.05, 4.69) is 0 Å². The van der Waals surface area contributed by atoms with Gasteiger partial charge in [-0.3, -0.25) is 9.59 Å². The third-order valence-electron chi connectivity index (χ3n) is 3.54. The van der Waals surface area contributed by atoms with E-state index in [1.54, 1.807) is 0 Å². The highest BCUT2D eigenvalue weighted by molar-refractivity contribution is 5.77. The first-order valence-corrected chi connectivity index (χ1v) is 6.20. The summed E-state index contributed by atoms with van der Waals surface area (Å²) in [5, 5.41) is 0. The van der Waals surface area contributed by atoms with Crippen molar-refractivity contribution in [2.24, 2.45) is 0 Å². The first-order valence-electron chi connectivity index (χ1n) is 6.20. The number of anilines is 2. The van der Waals surface area contributed by atoms with Crippen molar-refractivity contribution in [2.75, 3.05) is 23.9 Å². The molecule has 0 amide bonds. The summed E-state index contributed by atoms with van der Waals surface area (Å²) in [5.41, 5.74) is -0.0578. The maximum absolute atomic E-state index is 11.8. The maximum atomic E-state index is 11.8. The smallest absolute Gasteiger partial charge is 0.253 e. The minimum absolute atomic E-state index is 0.185. The maximum Gasteiger partial charge on any atom is 0.253 e. The minimum Gasteiger partial charge on any atom is -0.365 e. The monoisotopic (exact) mass is 252 g/mol. The second kappa shape index (κ2) is 4.11.